The molecule has 0 aromatic heterocycles. The zero-order chi connectivity index (χ0) is 18.1. The lowest BCUT2D eigenvalue weighted by Crippen LogP contribution is -2.19. The summed E-state index contributed by atoms with van der Waals surface area (Å²) >= 11 is 0. The third-order valence-corrected chi connectivity index (χ3v) is 3.62. The highest BCUT2D eigenvalue weighted by molar-refractivity contribution is 6.10. The zero-order valence-corrected chi connectivity index (χ0v) is 14.5. The molecule has 0 radical (unpaired) electrons. The molecule has 0 unspecified atom stereocenters. The van der Waals surface area contributed by atoms with Gasteiger partial charge in [-0.15, -0.1) is 0 Å². The second-order valence-electron chi connectivity index (χ2n) is 5.48. The van der Waals surface area contributed by atoms with Gasteiger partial charge in [-0.25, -0.2) is 0 Å². The normalized spacial score (nSPS) is 10.2. The Morgan fingerprint density at radius 2 is 1.72 bits per heavy atom. The van der Waals surface area contributed by atoms with Gasteiger partial charge in [0.1, 0.15) is 5.75 Å². The number of nitrogens with one attached hydrogen (secondary N) is 3. The third kappa shape index (κ3) is 5.61. The zero-order valence-electron chi connectivity index (χ0n) is 14.5. The van der Waals surface area contributed by atoms with Crippen LogP contribution in [0.5, 0.6) is 5.75 Å². The number of anilines is 2. The molecule has 6 nitrogen and oxygen atoms in total. The smallest absolute Gasteiger partial charge is 0.257 e. The van der Waals surface area contributed by atoms with Crippen molar-refractivity contribution in [3.8, 4) is 5.75 Å². The molecule has 0 heterocycles. The van der Waals surface area contributed by atoms with E-state index in [1.807, 2.05) is 7.05 Å². The first kappa shape index (κ1) is 18.5. The Labute approximate surface area is 147 Å². The Bertz CT molecular complexity index is 714. The first-order valence-corrected chi connectivity index (χ1v) is 8.13. The second kappa shape index (κ2) is 9.44. The Morgan fingerprint density at radius 1 is 1.00 bits per heavy atom. The fourth-order valence-electron chi connectivity index (χ4n) is 2.30. The highest BCUT2D eigenvalue weighted by atomic mass is 16.5. The summed E-state index contributed by atoms with van der Waals surface area (Å²) in [4.78, 5) is 24.5. The van der Waals surface area contributed by atoms with Crippen LogP contribution in [0, 0.1) is 0 Å². The van der Waals surface area contributed by atoms with Crippen LogP contribution in [-0.2, 0) is 4.79 Å². The molecule has 0 saturated carbocycles. The standard InChI is InChI=1S/C19H23N3O3/c1-20-13-5-8-18(23)22-17-7-4-3-6-16(17)19(24)21-14-9-11-15(25-2)12-10-14/h3-4,6-7,9-12,20H,5,8,13H2,1-2H3,(H,21,24)(H,22,23). The van der Waals surface area contributed by atoms with Crippen LogP contribution >= 0.6 is 0 Å². The van der Waals surface area contributed by atoms with Crippen LogP contribution in [0.15, 0.2) is 48.5 Å². The van der Waals surface area contributed by atoms with E-state index in [1.54, 1.807) is 55.6 Å². The topological polar surface area (TPSA) is 79.5 Å². The summed E-state index contributed by atoms with van der Waals surface area (Å²) in [7, 11) is 3.43. The van der Waals surface area contributed by atoms with Gasteiger partial charge >= 0.3 is 0 Å². The minimum atomic E-state index is -0.281. The van der Waals surface area contributed by atoms with Crippen molar-refractivity contribution in [3.05, 3.63) is 54.1 Å². The van der Waals surface area contributed by atoms with Gasteiger partial charge in [-0.2, -0.15) is 0 Å². The lowest BCUT2D eigenvalue weighted by Gasteiger charge is -2.12. The van der Waals surface area contributed by atoms with Gasteiger partial charge in [0.05, 0.1) is 18.4 Å². The molecule has 0 aliphatic heterocycles. The van der Waals surface area contributed by atoms with Gasteiger partial charge in [-0.05, 0) is 56.4 Å². The van der Waals surface area contributed by atoms with Gasteiger partial charge in [0.2, 0.25) is 5.91 Å². The van der Waals surface area contributed by atoms with E-state index in [0.29, 0.717) is 29.1 Å². The number of hydrogen-bond acceptors (Lipinski definition) is 4. The van der Waals surface area contributed by atoms with Crippen LogP contribution in [-0.4, -0.2) is 32.5 Å². The van der Waals surface area contributed by atoms with Gasteiger partial charge in [0.15, 0.2) is 0 Å². The number of ether oxygens (including phenoxy) is 1. The lowest BCUT2D eigenvalue weighted by molar-refractivity contribution is -0.116. The summed E-state index contributed by atoms with van der Waals surface area (Å²) in [6.45, 7) is 0.771. The molecule has 0 spiro atoms. The van der Waals surface area contributed by atoms with Crippen LogP contribution in [0.3, 0.4) is 0 Å². The molecular weight excluding hydrogens is 318 g/mol. The molecule has 0 aliphatic carbocycles. The van der Waals surface area contributed by atoms with Crippen molar-refractivity contribution in [2.75, 3.05) is 31.3 Å². The average molecular weight is 341 g/mol. The van der Waals surface area contributed by atoms with Gasteiger partial charge in [-0.1, -0.05) is 12.1 Å². The van der Waals surface area contributed by atoms with Crippen molar-refractivity contribution in [1.82, 2.24) is 5.32 Å². The van der Waals surface area contributed by atoms with Crippen molar-refractivity contribution in [1.29, 1.82) is 0 Å². The number of carbonyl (C=O) groups excluding carboxylic acids is 2. The summed E-state index contributed by atoms with van der Waals surface area (Å²) in [6.07, 6.45) is 1.14. The molecule has 0 saturated heterocycles. The summed E-state index contributed by atoms with van der Waals surface area (Å²) < 4.78 is 5.10. The van der Waals surface area contributed by atoms with E-state index in [9.17, 15) is 9.59 Å². The Hall–Kier alpha value is -2.86. The number of benzene rings is 2. The van der Waals surface area contributed by atoms with E-state index in [-0.39, 0.29) is 11.8 Å². The molecule has 2 amide bonds. The molecule has 25 heavy (non-hydrogen) atoms. The molecule has 2 aromatic rings. The number of rotatable bonds is 8. The van der Waals surface area contributed by atoms with E-state index < -0.39 is 0 Å². The molecule has 6 heteroatoms. The summed E-state index contributed by atoms with van der Waals surface area (Å²) in [6, 6.07) is 14.0. The molecule has 132 valence electrons. The summed E-state index contributed by atoms with van der Waals surface area (Å²) in [5.41, 5.74) is 1.57. The van der Waals surface area contributed by atoms with Crippen LogP contribution in [0.1, 0.15) is 23.2 Å². The molecule has 2 aromatic carbocycles. The van der Waals surface area contributed by atoms with Crippen LogP contribution < -0.4 is 20.7 Å². The molecule has 2 rings (SSSR count). The maximum atomic E-state index is 12.5. The van der Waals surface area contributed by atoms with E-state index >= 15 is 0 Å². The maximum Gasteiger partial charge on any atom is 0.257 e. The van der Waals surface area contributed by atoms with Gasteiger partial charge in [-0.3, -0.25) is 9.59 Å². The highest BCUT2D eigenvalue weighted by Gasteiger charge is 2.13. The molecule has 3 N–H and O–H groups in total. The minimum absolute atomic E-state index is 0.111. The Morgan fingerprint density at radius 3 is 2.40 bits per heavy atom. The fourth-order valence-corrected chi connectivity index (χ4v) is 2.30. The number of methoxy groups -OCH3 is 1. The molecule has 0 bridgehead atoms. The average Bonchev–Trinajstić information content (AvgIpc) is 2.63. The van der Waals surface area contributed by atoms with Gasteiger partial charge < -0.3 is 20.7 Å². The predicted molar refractivity (Wildman–Crippen MR) is 99.2 cm³/mol. The van der Waals surface area contributed by atoms with Crippen molar-refractivity contribution in [3.63, 3.8) is 0 Å². The Kier molecular flexibility index (Phi) is 6.98. The van der Waals surface area contributed by atoms with Crippen molar-refractivity contribution in [2.24, 2.45) is 0 Å². The van der Waals surface area contributed by atoms with Crippen LogP contribution in [0.4, 0.5) is 11.4 Å². The first-order valence-electron chi connectivity index (χ1n) is 8.13. The lowest BCUT2D eigenvalue weighted by atomic mass is 10.1. The maximum absolute atomic E-state index is 12.5. The van der Waals surface area contributed by atoms with E-state index in [2.05, 4.69) is 16.0 Å². The number of carbonyl (C=O) groups is 2. The van der Waals surface area contributed by atoms with Crippen LogP contribution in [0.25, 0.3) is 0 Å². The molecule has 0 fully saturated rings. The highest BCUT2D eigenvalue weighted by Crippen LogP contribution is 2.19. The summed E-state index contributed by atoms with van der Waals surface area (Å²) in [5, 5.41) is 8.63. The second-order valence-corrected chi connectivity index (χ2v) is 5.48. The van der Waals surface area contributed by atoms with Gasteiger partial charge in [0, 0.05) is 12.1 Å². The molecular formula is C19H23N3O3. The number of hydrogen-bond donors (Lipinski definition) is 3. The SMILES string of the molecule is CNCCCC(=O)Nc1ccccc1C(=O)Nc1ccc(OC)cc1. The van der Waals surface area contributed by atoms with Crippen molar-refractivity contribution < 1.29 is 14.3 Å². The van der Waals surface area contributed by atoms with Crippen LogP contribution in [0.2, 0.25) is 0 Å². The predicted octanol–water partition coefficient (Wildman–Crippen LogP) is 2.89. The minimum Gasteiger partial charge on any atom is -0.497 e. The monoisotopic (exact) mass is 341 g/mol. The molecule has 0 aliphatic rings. The number of para-hydroxylation sites is 1. The summed E-state index contributed by atoms with van der Waals surface area (Å²) in [5.74, 6) is 0.323. The van der Waals surface area contributed by atoms with E-state index in [0.717, 1.165) is 13.0 Å². The van der Waals surface area contributed by atoms with E-state index in [4.69, 9.17) is 4.74 Å². The fraction of sp³-hybridized carbons (Fsp3) is 0.263. The number of amides is 2. The van der Waals surface area contributed by atoms with Crippen molar-refractivity contribution in [2.45, 2.75) is 12.8 Å². The molecule has 0 atom stereocenters. The third-order valence-electron chi connectivity index (χ3n) is 3.62. The Balaban J connectivity index is 2.05. The quantitative estimate of drug-likeness (QED) is 0.645. The van der Waals surface area contributed by atoms with E-state index in [1.165, 1.54) is 0 Å². The first-order chi connectivity index (χ1) is 12.1. The van der Waals surface area contributed by atoms with Gasteiger partial charge in [0.25, 0.3) is 5.91 Å². The largest absolute Gasteiger partial charge is 0.497 e. The van der Waals surface area contributed by atoms with Crippen molar-refractivity contribution >= 4 is 23.2 Å².